The van der Waals surface area contributed by atoms with Crippen LogP contribution in [0, 0.1) is 13.8 Å². The zero-order valence-corrected chi connectivity index (χ0v) is 17.5. The van der Waals surface area contributed by atoms with Gasteiger partial charge in [-0.1, -0.05) is 18.6 Å². The average molecular weight is 400 g/mol. The smallest absolute Gasteiger partial charge is 0.262 e. The molecular weight excluding hydrogens is 374 g/mol. The van der Waals surface area contributed by atoms with E-state index in [4.69, 9.17) is 15.5 Å². The van der Waals surface area contributed by atoms with Gasteiger partial charge in [-0.25, -0.2) is 4.98 Å². The molecule has 2 heterocycles. The summed E-state index contributed by atoms with van der Waals surface area (Å²) >= 11 is 1.53. The number of ether oxygens (including phenoxy) is 1. The molecule has 0 unspecified atom stereocenters. The fourth-order valence-corrected chi connectivity index (χ4v) is 4.54. The molecule has 0 aliphatic rings. The number of aromatic nitrogens is 2. The molecule has 28 heavy (non-hydrogen) atoms. The highest BCUT2D eigenvalue weighted by molar-refractivity contribution is 7.19. The summed E-state index contributed by atoms with van der Waals surface area (Å²) in [6.07, 6.45) is 1.40. The van der Waals surface area contributed by atoms with Gasteiger partial charge in [-0.2, -0.15) is 0 Å². The Hall–Kier alpha value is -2.67. The van der Waals surface area contributed by atoms with Gasteiger partial charge in [-0.15, -0.1) is 11.3 Å². The number of hydrogen-bond acceptors (Lipinski definition) is 5. The molecule has 3 aromatic rings. The van der Waals surface area contributed by atoms with Gasteiger partial charge in [0.15, 0.2) is 0 Å². The third kappa shape index (κ3) is 3.67. The fraction of sp³-hybridized carbons (Fsp3) is 0.381. The van der Waals surface area contributed by atoms with Crippen molar-refractivity contribution in [3.05, 3.63) is 44.8 Å². The maximum atomic E-state index is 13.4. The van der Waals surface area contributed by atoms with Gasteiger partial charge >= 0.3 is 0 Å². The molecule has 2 aromatic heterocycles. The maximum absolute atomic E-state index is 13.4. The van der Waals surface area contributed by atoms with Crippen LogP contribution in [0.25, 0.3) is 21.3 Å². The van der Waals surface area contributed by atoms with Gasteiger partial charge in [0.05, 0.1) is 12.5 Å². The lowest BCUT2D eigenvalue weighted by atomic mass is 10.0. The van der Waals surface area contributed by atoms with Gasteiger partial charge in [0.2, 0.25) is 5.91 Å². The van der Waals surface area contributed by atoms with E-state index in [9.17, 15) is 9.59 Å². The number of hydrogen-bond donors (Lipinski definition) is 1. The summed E-state index contributed by atoms with van der Waals surface area (Å²) < 4.78 is 7.24. The van der Waals surface area contributed by atoms with E-state index in [1.807, 2.05) is 39.0 Å². The van der Waals surface area contributed by atoms with Crippen molar-refractivity contribution in [1.82, 2.24) is 9.55 Å². The number of fused-ring (bicyclic) bond motifs is 1. The summed E-state index contributed by atoms with van der Waals surface area (Å²) in [7, 11) is 1.63. The van der Waals surface area contributed by atoms with Crippen molar-refractivity contribution in [3.63, 3.8) is 0 Å². The first-order valence-electron chi connectivity index (χ1n) is 9.33. The Bertz CT molecular complexity index is 1100. The van der Waals surface area contributed by atoms with Crippen LogP contribution in [-0.4, -0.2) is 22.6 Å². The number of carbonyl (C=O) groups is 1. The summed E-state index contributed by atoms with van der Waals surface area (Å²) in [5.41, 5.74) is 8.05. The number of thiophene rings is 1. The molecule has 1 amide bonds. The highest BCUT2D eigenvalue weighted by Crippen LogP contribution is 2.40. The molecule has 3 rings (SSSR count). The normalized spacial score (nSPS) is 11.1. The summed E-state index contributed by atoms with van der Waals surface area (Å²) in [5.74, 6) is 1.09. The third-order valence-corrected chi connectivity index (χ3v) is 5.81. The van der Waals surface area contributed by atoms with E-state index < -0.39 is 0 Å². The molecule has 148 valence electrons. The van der Waals surface area contributed by atoms with Crippen LogP contribution < -0.4 is 16.0 Å². The van der Waals surface area contributed by atoms with E-state index in [1.54, 1.807) is 11.7 Å². The molecule has 0 fully saturated rings. The second-order valence-electron chi connectivity index (χ2n) is 6.83. The molecular formula is C21H25N3O3S. The van der Waals surface area contributed by atoms with Gasteiger partial charge < -0.3 is 10.5 Å². The van der Waals surface area contributed by atoms with Crippen molar-refractivity contribution in [2.24, 2.45) is 5.73 Å². The Morgan fingerprint density at radius 1 is 1.32 bits per heavy atom. The van der Waals surface area contributed by atoms with Gasteiger partial charge in [0.25, 0.3) is 5.56 Å². The molecule has 0 atom stereocenters. The minimum absolute atomic E-state index is 0.0748. The Labute approximate surface area is 168 Å². The molecule has 0 spiro atoms. The van der Waals surface area contributed by atoms with Crippen molar-refractivity contribution < 1.29 is 9.53 Å². The number of methoxy groups -OCH3 is 1. The van der Waals surface area contributed by atoms with E-state index in [1.165, 1.54) is 11.3 Å². The predicted octanol–water partition coefficient (Wildman–Crippen LogP) is 3.58. The van der Waals surface area contributed by atoms with Gasteiger partial charge in [0.1, 0.15) is 16.4 Å². The standard InChI is InChI=1S/C21H25N3O3S/c1-5-17-23-20-19(21(26)24(17)10-6-7-16(22)25)18(13(3)28-20)14-11-12(2)8-9-15(14)27-4/h8-9,11H,5-7,10H2,1-4H3,(H2,22,25). The molecule has 0 saturated heterocycles. The molecule has 6 nitrogen and oxygen atoms in total. The van der Waals surface area contributed by atoms with Crippen molar-refractivity contribution in [2.45, 2.75) is 46.6 Å². The molecule has 0 bridgehead atoms. The van der Waals surface area contributed by atoms with Crippen molar-refractivity contribution in [2.75, 3.05) is 7.11 Å². The van der Waals surface area contributed by atoms with E-state index in [-0.39, 0.29) is 17.9 Å². The molecule has 1 aromatic carbocycles. The van der Waals surface area contributed by atoms with Crippen LogP contribution in [0.1, 0.15) is 36.0 Å². The van der Waals surface area contributed by atoms with Crippen LogP contribution in [0.3, 0.4) is 0 Å². The lowest BCUT2D eigenvalue weighted by Crippen LogP contribution is -2.26. The number of benzene rings is 1. The summed E-state index contributed by atoms with van der Waals surface area (Å²) in [6, 6.07) is 5.95. The largest absolute Gasteiger partial charge is 0.496 e. The molecule has 0 aliphatic heterocycles. The van der Waals surface area contributed by atoms with Crippen LogP contribution >= 0.6 is 11.3 Å². The maximum Gasteiger partial charge on any atom is 0.262 e. The van der Waals surface area contributed by atoms with E-state index in [0.717, 1.165) is 38.0 Å². The Morgan fingerprint density at radius 2 is 2.07 bits per heavy atom. The highest BCUT2D eigenvalue weighted by Gasteiger charge is 2.21. The zero-order chi connectivity index (χ0) is 20.4. The van der Waals surface area contributed by atoms with Crippen LogP contribution in [0.2, 0.25) is 0 Å². The van der Waals surface area contributed by atoms with Crippen molar-refractivity contribution in [1.29, 1.82) is 0 Å². The minimum Gasteiger partial charge on any atom is -0.496 e. The van der Waals surface area contributed by atoms with E-state index in [0.29, 0.717) is 24.8 Å². The average Bonchev–Trinajstić information content (AvgIpc) is 2.99. The first-order valence-corrected chi connectivity index (χ1v) is 10.1. The monoisotopic (exact) mass is 399 g/mol. The summed E-state index contributed by atoms with van der Waals surface area (Å²) in [5, 5.41) is 0.614. The quantitative estimate of drug-likeness (QED) is 0.658. The van der Waals surface area contributed by atoms with Gasteiger partial charge in [-0.05, 0) is 32.4 Å². The second kappa shape index (κ2) is 8.14. The lowest BCUT2D eigenvalue weighted by molar-refractivity contribution is -0.118. The lowest BCUT2D eigenvalue weighted by Gasteiger charge is -2.13. The van der Waals surface area contributed by atoms with Crippen molar-refractivity contribution in [3.8, 4) is 16.9 Å². The highest BCUT2D eigenvalue weighted by atomic mass is 32.1. The number of rotatable bonds is 7. The van der Waals surface area contributed by atoms with E-state index in [2.05, 4.69) is 0 Å². The minimum atomic E-state index is -0.364. The van der Waals surface area contributed by atoms with E-state index >= 15 is 0 Å². The van der Waals surface area contributed by atoms with Crippen LogP contribution in [0.5, 0.6) is 5.75 Å². The molecule has 2 N–H and O–H groups in total. The van der Waals surface area contributed by atoms with Gasteiger partial charge in [-0.3, -0.25) is 14.2 Å². The topological polar surface area (TPSA) is 87.2 Å². The predicted molar refractivity (Wildman–Crippen MR) is 113 cm³/mol. The SMILES string of the molecule is CCc1nc2sc(C)c(-c3cc(C)ccc3OC)c2c(=O)n1CCCC(N)=O. The third-order valence-electron chi connectivity index (χ3n) is 4.81. The van der Waals surface area contributed by atoms with Gasteiger partial charge in [0, 0.05) is 35.4 Å². The Morgan fingerprint density at radius 3 is 2.71 bits per heavy atom. The summed E-state index contributed by atoms with van der Waals surface area (Å²) in [6.45, 7) is 6.42. The number of carbonyl (C=O) groups excluding carboxylic acids is 1. The molecule has 7 heteroatoms. The number of amides is 1. The molecule has 0 saturated carbocycles. The van der Waals surface area contributed by atoms with Crippen LogP contribution in [-0.2, 0) is 17.8 Å². The Kier molecular flexibility index (Phi) is 5.84. The van der Waals surface area contributed by atoms with Crippen LogP contribution in [0.4, 0.5) is 0 Å². The second-order valence-corrected chi connectivity index (χ2v) is 8.03. The summed E-state index contributed by atoms with van der Waals surface area (Å²) in [4.78, 5) is 31.1. The zero-order valence-electron chi connectivity index (χ0n) is 16.7. The number of primary amides is 1. The van der Waals surface area contributed by atoms with Crippen LogP contribution in [0.15, 0.2) is 23.0 Å². The first-order chi connectivity index (χ1) is 13.4. The Balaban J connectivity index is 2.26. The number of nitrogens with two attached hydrogens (primary N) is 1. The van der Waals surface area contributed by atoms with Crippen molar-refractivity contribution >= 4 is 27.5 Å². The molecule has 0 aliphatic carbocycles. The first kappa shape index (κ1) is 20.1. The number of aryl methyl sites for hydroxylation is 3. The molecule has 0 radical (unpaired) electrons. The number of nitrogens with zero attached hydrogens (tertiary/aromatic N) is 2. The fourth-order valence-electron chi connectivity index (χ4n) is 3.49.